The van der Waals surface area contributed by atoms with Crippen LogP contribution in [0.3, 0.4) is 0 Å². The summed E-state index contributed by atoms with van der Waals surface area (Å²) >= 11 is 0. The van der Waals surface area contributed by atoms with E-state index < -0.39 is 6.10 Å². The molecule has 1 N–H and O–H groups in total. The van der Waals surface area contributed by atoms with Gasteiger partial charge in [-0.2, -0.15) is 0 Å². The van der Waals surface area contributed by atoms with Crippen LogP contribution in [0.4, 0.5) is 0 Å². The summed E-state index contributed by atoms with van der Waals surface area (Å²) in [7, 11) is 1.72. The van der Waals surface area contributed by atoms with Crippen molar-refractivity contribution < 1.29 is 14.6 Å². The Hall–Kier alpha value is -1.14. The SMILES string of the molecule is COc1ccc(C2CN(CC(O)COC(C)C)CC2CN2CCC(C)CC2)cc1. The van der Waals surface area contributed by atoms with E-state index in [0.29, 0.717) is 25.0 Å². The Morgan fingerprint density at radius 2 is 1.76 bits per heavy atom. The number of aliphatic hydroxyl groups excluding tert-OH is 1. The molecule has 0 bridgehead atoms. The van der Waals surface area contributed by atoms with Gasteiger partial charge in [-0.1, -0.05) is 19.1 Å². The van der Waals surface area contributed by atoms with Gasteiger partial charge >= 0.3 is 0 Å². The van der Waals surface area contributed by atoms with Crippen LogP contribution in [0.1, 0.15) is 45.1 Å². The molecule has 0 aromatic heterocycles. The molecule has 2 heterocycles. The van der Waals surface area contributed by atoms with Gasteiger partial charge in [-0.3, -0.25) is 4.90 Å². The molecule has 164 valence electrons. The van der Waals surface area contributed by atoms with E-state index in [1.807, 2.05) is 13.8 Å². The molecule has 0 radical (unpaired) electrons. The zero-order chi connectivity index (χ0) is 20.8. The molecule has 29 heavy (non-hydrogen) atoms. The number of rotatable bonds is 9. The fraction of sp³-hybridized carbons (Fsp3) is 0.750. The summed E-state index contributed by atoms with van der Waals surface area (Å²) in [6.07, 6.45) is 2.36. The van der Waals surface area contributed by atoms with Crippen molar-refractivity contribution in [3.8, 4) is 5.75 Å². The third kappa shape index (κ3) is 6.68. The van der Waals surface area contributed by atoms with Crippen LogP contribution in [0.15, 0.2) is 24.3 Å². The predicted octanol–water partition coefficient (Wildman–Crippen LogP) is 3.23. The van der Waals surface area contributed by atoms with Crippen molar-refractivity contribution >= 4 is 0 Å². The fourth-order valence-electron chi connectivity index (χ4n) is 4.75. The smallest absolute Gasteiger partial charge is 0.118 e. The van der Waals surface area contributed by atoms with Crippen molar-refractivity contribution in [3.05, 3.63) is 29.8 Å². The molecule has 2 aliphatic heterocycles. The Labute approximate surface area is 177 Å². The van der Waals surface area contributed by atoms with Crippen LogP contribution < -0.4 is 4.74 Å². The van der Waals surface area contributed by atoms with E-state index >= 15 is 0 Å². The summed E-state index contributed by atoms with van der Waals surface area (Å²) in [5.41, 5.74) is 1.39. The standard InChI is InChI=1S/C24H40N2O3/c1-18(2)29-17-22(27)15-26-14-21(13-25-11-9-19(3)10-12-25)24(16-26)20-5-7-23(28-4)8-6-20/h5-8,18-19,21-22,24,27H,9-17H2,1-4H3. The summed E-state index contributed by atoms with van der Waals surface area (Å²) in [5, 5.41) is 10.4. The van der Waals surface area contributed by atoms with Crippen molar-refractivity contribution in [2.45, 2.75) is 51.7 Å². The Bertz CT molecular complexity index is 599. The van der Waals surface area contributed by atoms with Crippen LogP contribution >= 0.6 is 0 Å². The topological polar surface area (TPSA) is 45.2 Å². The molecule has 1 aromatic rings. The third-order valence-corrected chi connectivity index (χ3v) is 6.52. The minimum absolute atomic E-state index is 0.157. The highest BCUT2D eigenvalue weighted by molar-refractivity contribution is 5.30. The van der Waals surface area contributed by atoms with E-state index in [1.165, 1.54) is 31.5 Å². The second-order valence-corrected chi connectivity index (χ2v) is 9.38. The number of aliphatic hydroxyl groups is 1. The van der Waals surface area contributed by atoms with Gasteiger partial charge in [0.2, 0.25) is 0 Å². The van der Waals surface area contributed by atoms with Crippen molar-refractivity contribution in [2.75, 3.05) is 53.0 Å². The van der Waals surface area contributed by atoms with Gasteiger partial charge in [0.1, 0.15) is 5.75 Å². The molecular weight excluding hydrogens is 364 g/mol. The lowest BCUT2D eigenvalue weighted by Crippen LogP contribution is -2.39. The Balaban J connectivity index is 1.64. The first kappa shape index (κ1) is 22.5. The van der Waals surface area contributed by atoms with Crippen molar-refractivity contribution in [1.29, 1.82) is 0 Å². The van der Waals surface area contributed by atoms with E-state index in [1.54, 1.807) is 7.11 Å². The first-order chi connectivity index (χ1) is 13.9. The van der Waals surface area contributed by atoms with E-state index in [-0.39, 0.29) is 6.10 Å². The molecule has 5 nitrogen and oxygen atoms in total. The van der Waals surface area contributed by atoms with Gasteiger partial charge in [0, 0.05) is 32.1 Å². The summed E-state index contributed by atoms with van der Waals surface area (Å²) in [6, 6.07) is 8.58. The number of hydrogen-bond donors (Lipinski definition) is 1. The van der Waals surface area contributed by atoms with Gasteiger partial charge in [0.05, 0.1) is 25.9 Å². The molecule has 0 aliphatic carbocycles. The second kappa shape index (κ2) is 10.8. The molecule has 0 amide bonds. The number of β-amino-alcohol motifs (C(OH)–C–C–N with tert-alkyl or cyclic N) is 1. The molecule has 2 aliphatic rings. The molecule has 0 saturated carbocycles. The minimum atomic E-state index is -0.427. The maximum absolute atomic E-state index is 10.4. The largest absolute Gasteiger partial charge is 0.497 e. The molecular formula is C24H40N2O3. The van der Waals surface area contributed by atoms with Crippen LogP contribution in [0.2, 0.25) is 0 Å². The molecule has 5 heteroatoms. The number of benzene rings is 1. The van der Waals surface area contributed by atoms with Gasteiger partial charge in [-0.05, 0) is 69.3 Å². The van der Waals surface area contributed by atoms with Crippen LogP contribution in [-0.2, 0) is 4.74 Å². The molecule has 3 unspecified atom stereocenters. The zero-order valence-electron chi connectivity index (χ0n) is 18.7. The molecule has 0 spiro atoms. The fourth-order valence-corrected chi connectivity index (χ4v) is 4.75. The van der Waals surface area contributed by atoms with Crippen LogP contribution in [0.5, 0.6) is 5.75 Å². The van der Waals surface area contributed by atoms with E-state index in [4.69, 9.17) is 9.47 Å². The van der Waals surface area contributed by atoms with Crippen molar-refractivity contribution in [2.24, 2.45) is 11.8 Å². The zero-order valence-corrected chi connectivity index (χ0v) is 18.7. The number of hydrogen-bond acceptors (Lipinski definition) is 5. The Morgan fingerprint density at radius 1 is 1.07 bits per heavy atom. The Kier molecular flexibility index (Phi) is 8.36. The predicted molar refractivity (Wildman–Crippen MR) is 118 cm³/mol. The van der Waals surface area contributed by atoms with Gasteiger partial charge in [-0.15, -0.1) is 0 Å². The molecule has 2 saturated heterocycles. The number of methoxy groups -OCH3 is 1. The lowest BCUT2D eigenvalue weighted by molar-refractivity contribution is -0.00642. The highest BCUT2D eigenvalue weighted by atomic mass is 16.5. The van der Waals surface area contributed by atoms with Crippen LogP contribution in [-0.4, -0.2) is 80.1 Å². The average molecular weight is 405 g/mol. The maximum atomic E-state index is 10.4. The molecule has 3 atom stereocenters. The number of nitrogens with zero attached hydrogens (tertiary/aromatic N) is 2. The van der Waals surface area contributed by atoms with E-state index in [2.05, 4.69) is 41.0 Å². The average Bonchev–Trinajstić information content (AvgIpc) is 3.10. The maximum Gasteiger partial charge on any atom is 0.118 e. The quantitative estimate of drug-likeness (QED) is 0.685. The number of likely N-dealkylation sites (tertiary alicyclic amines) is 2. The van der Waals surface area contributed by atoms with Gasteiger partial charge in [0.25, 0.3) is 0 Å². The van der Waals surface area contributed by atoms with Crippen molar-refractivity contribution in [1.82, 2.24) is 9.80 Å². The molecule has 1 aromatic carbocycles. The van der Waals surface area contributed by atoms with Gasteiger partial charge in [-0.25, -0.2) is 0 Å². The molecule has 3 rings (SSSR count). The monoisotopic (exact) mass is 404 g/mol. The third-order valence-electron chi connectivity index (χ3n) is 6.52. The first-order valence-corrected chi connectivity index (χ1v) is 11.3. The highest BCUT2D eigenvalue weighted by Gasteiger charge is 2.36. The summed E-state index contributed by atoms with van der Waals surface area (Å²) < 4.78 is 11.0. The van der Waals surface area contributed by atoms with E-state index in [9.17, 15) is 5.11 Å². The lowest BCUT2D eigenvalue weighted by Gasteiger charge is -2.33. The molecule has 2 fully saturated rings. The van der Waals surface area contributed by atoms with Gasteiger partial charge < -0.3 is 19.5 Å². The lowest BCUT2D eigenvalue weighted by atomic mass is 9.87. The summed E-state index contributed by atoms with van der Waals surface area (Å²) in [5.74, 6) is 2.86. The van der Waals surface area contributed by atoms with Crippen molar-refractivity contribution in [3.63, 3.8) is 0 Å². The summed E-state index contributed by atoms with van der Waals surface area (Å²) in [6.45, 7) is 13.1. The van der Waals surface area contributed by atoms with E-state index in [0.717, 1.165) is 31.3 Å². The number of piperidine rings is 1. The second-order valence-electron chi connectivity index (χ2n) is 9.38. The first-order valence-electron chi connectivity index (χ1n) is 11.3. The normalized spacial score (nSPS) is 25.6. The number of ether oxygens (including phenoxy) is 2. The Morgan fingerprint density at radius 3 is 2.38 bits per heavy atom. The highest BCUT2D eigenvalue weighted by Crippen LogP contribution is 2.35. The van der Waals surface area contributed by atoms with Gasteiger partial charge in [0.15, 0.2) is 0 Å². The van der Waals surface area contributed by atoms with Crippen LogP contribution in [0, 0.1) is 11.8 Å². The summed E-state index contributed by atoms with van der Waals surface area (Å²) in [4.78, 5) is 5.09. The van der Waals surface area contributed by atoms with Crippen LogP contribution in [0.25, 0.3) is 0 Å². The minimum Gasteiger partial charge on any atom is -0.497 e.